The summed E-state index contributed by atoms with van der Waals surface area (Å²) in [7, 11) is 0. The monoisotopic (exact) mass is 352 g/mol. The van der Waals surface area contributed by atoms with Gasteiger partial charge in [0.25, 0.3) is 0 Å². The number of hydrogen-bond donors (Lipinski definition) is 0. The molecule has 0 spiro atoms. The molecule has 0 saturated carbocycles. The molecule has 1 unspecified atom stereocenters. The Labute approximate surface area is 158 Å². The zero-order valence-corrected chi connectivity index (χ0v) is 17.5. The van der Waals surface area contributed by atoms with Crippen LogP contribution in [0.3, 0.4) is 0 Å². The lowest BCUT2D eigenvalue weighted by Gasteiger charge is -2.35. The van der Waals surface area contributed by atoms with E-state index in [4.69, 9.17) is 4.74 Å². The zero-order valence-electron chi connectivity index (χ0n) is 17.5. The van der Waals surface area contributed by atoms with Crippen molar-refractivity contribution in [3.8, 4) is 0 Å². The lowest BCUT2D eigenvalue weighted by atomic mass is 9.69. The van der Waals surface area contributed by atoms with Crippen LogP contribution in [-0.2, 0) is 21.6 Å². The Morgan fingerprint density at radius 3 is 1.85 bits per heavy atom. The first-order valence-corrected chi connectivity index (χ1v) is 9.37. The molecule has 0 radical (unpaired) electrons. The topological polar surface area (TPSA) is 26.3 Å². The van der Waals surface area contributed by atoms with Gasteiger partial charge >= 0.3 is 5.97 Å². The maximum Gasteiger partial charge on any atom is 0.309 e. The molecule has 0 aromatic heterocycles. The third-order valence-corrected chi connectivity index (χ3v) is 6.30. The van der Waals surface area contributed by atoms with Crippen molar-refractivity contribution in [1.29, 1.82) is 0 Å². The van der Waals surface area contributed by atoms with E-state index < -0.39 is 0 Å². The molecule has 0 fully saturated rings. The summed E-state index contributed by atoms with van der Waals surface area (Å²) in [6.07, 6.45) is 0. The van der Waals surface area contributed by atoms with Crippen LogP contribution in [0.1, 0.15) is 59.7 Å². The highest BCUT2D eigenvalue weighted by Gasteiger charge is 2.37. The lowest BCUT2D eigenvalue weighted by molar-refractivity contribution is -0.151. The SMILES string of the molecule is Cc1c(C)c(C)c(C(C)(C)C(C)C(=O)OCc2ccccc2)c(C)c1C. The van der Waals surface area contributed by atoms with Crippen molar-refractivity contribution < 1.29 is 9.53 Å². The van der Waals surface area contributed by atoms with E-state index in [-0.39, 0.29) is 17.3 Å². The molecule has 0 bridgehead atoms. The quantitative estimate of drug-likeness (QED) is 0.628. The van der Waals surface area contributed by atoms with E-state index in [9.17, 15) is 4.79 Å². The second-order valence-electron chi connectivity index (χ2n) is 8.04. The molecule has 0 heterocycles. The van der Waals surface area contributed by atoms with Crippen LogP contribution < -0.4 is 0 Å². The second-order valence-corrected chi connectivity index (χ2v) is 8.04. The van der Waals surface area contributed by atoms with Crippen LogP contribution in [-0.4, -0.2) is 5.97 Å². The number of hydrogen-bond acceptors (Lipinski definition) is 2. The summed E-state index contributed by atoms with van der Waals surface area (Å²) < 4.78 is 5.62. The second kappa shape index (κ2) is 7.65. The molecule has 140 valence electrons. The fraction of sp³-hybridized carbons (Fsp3) is 0.458. The molecule has 26 heavy (non-hydrogen) atoms. The van der Waals surface area contributed by atoms with Gasteiger partial charge in [-0.15, -0.1) is 0 Å². The van der Waals surface area contributed by atoms with Crippen LogP contribution in [0.2, 0.25) is 0 Å². The van der Waals surface area contributed by atoms with Gasteiger partial charge in [0.05, 0.1) is 5.92 Å². The van der Waals surface area contributed by atoms with Gasteiger partial charge in [0.2, 0.25) is 0 Å². The minimum absolute atomic E-state index is 0.145. The van der Waals surface area contributed by atoms with Gasteiger partial charge < -0.3 is 4.74 Å². The summed E-state index contributed by atoms with van der Waals surface area (Å²) in [5, 5.41) is 0. The molecule has 0 amide bonds. The molecular weight excluding hydrogens is 320 g/mol. The highest BCUT2D eigenvalue weighted by molar-refractivity contribution is 5.74. The summed E-state index contributed by atoms with van der Waals surface area (Å²) in [6.45, 7) is 17.5. The van der Waals surface area contributed by atoms with Crippen LogP contribution in [0.15, 0.2) is 30.3 Å². The molecule has 2 aromatic rings. The molecule has 0 aliphatic rings. The number of carbonyl (C=O) groups is 1. The maximum absolute atomic E-state index is 12.8. The molecular formula is C24H32O2. The fourth-order valence-corrected chi connectivity index (χ4v) is 3.83. The smallest absolute Gasteiger partial charge is 0.309 e. The van der Waals surface area contributed by atoms with E-state index in [2.05, 4.69) is 48.5 Å². The van der Waals surface area contributed by atoms with Gasteiger partial charge in [0, 0.05) is 5.41 Å². The average Bonchev–Trinajstić information content (AvgIpc) is 2.63. The predicted octanol–water partition coefficient (Wildman–Crippen LogP) is 5.89. The largest absolute Gasteiger partial charge is 0.461 e. The third kappa shape index (κ3) is 3.70. The van der Waals surface area contributed by atoms with Crippen LogP contribution in [0.4, 0.5) is 0 Å². The van der Waals surface area contributed by atoms with Gasteiger partial charge in [-0.05, 0) is 73.6 Å². The Hall–Kier alpha value is -2.09. The van der Waals surface area contributed by atoms with Gasteiger partial charge in [0.15, 0.2) is 0 Å². The Kier molecular flexibility index (Phi) is 5.95. The van der Waals surface area contributed by atoms with Gasteiger partial charge in [-0.3, -0.25) is 4.79 Å². The Morgan fingerprint density at radius 1 is 0.885 bits per heavy atom. The molecule has 0 aliphatic heterocycles. The van der Waals surface area contributed by atoms with E-state index in [1.165, 1.54) is 33.4 Å². The number of carbonyl (C=O) groups excluding carboxylic acids is 1. The molecule has 2 nitrogen and oxygen atoms in total. The Bertz CT molecular complexity index is 772. The molecule has 1 atom stereocenters. The Morgan fingerprint density at radius 2 is 1.35 bits per heavy atom. The number of benzene rings is 2. The summed E-state index contributed by atoms with van der Waals surface area (Å²) in [6, 6.07) is 9.83. The molecule has 2 heteroatoms. The molecule has 0 aliphatic carbocycles. The van der Waals surface area contributed by atoms with Gasteiger partial charge in [-0.2, -0.15) is 0 Å². The highest BCUT2D eigenvalue weighted by atomic mass is 16.5. The summed E-state index contributed by atoms with van der Waals surface area (Å²) >= 11 is 0. The molecule has 2 rings (SSSR count). The van der Waals surface area contributed by atoms with Crippen LogP contribution in [0, 0.1) is 40.5 Å². The fourth-order valence-electron chi connectivity index (χ4n) is 3.83. The minimum atomic E-state index is -0.300. The summed E-state index contributed by atoms with van der Waals surface area (Å²) in [4.78, 5) is 12.8. The summed E-state index contributed by atoms with van der Waals surface area (Å²) in [5.41, 5.74) is 8.56. The third-order valence-electron chi connectivity index (χ3n) is 6.30. The predicted molar refractivity (Wildman–Crippen MR) is 109 cm³/mol. The van der Waals surface area contributed by atoms with Crippen molar-refractivity contribution in [2.45, 2.75) is 67.4 Å². The van der Waals surface area contributed by atoms with E-state index >= 15 is 0 Å². The molecule has 0 saturated heterocycles. The van der Waals surface area contributed by atoms with Crippen molar-refractivity contribution >= 4 is 5.97 Å². The molecule has 0 N–H and O–H groups in total. The normalized spacial score (nSPS) is 12.8. The first kappa shape index (κ1) is 20.2. The van der Waals surface area contributed by atoms with Crippen LogP contribution in [0.25, 0.3) is 0 Å². The van der Waals surface area contributed by atoms with E-state index in [0.717, 1.165) is 5.56 Å². The van der Waals surface area contributed by atoms with Gasteiger partial charge in [-0.25, -0.2) is 0 Å². The van der Waals surface area contributed by atoms with Crippen molar-refractivity contribution in [3.63, 3.8) is 0 Å². The van der Waals surface area contributed by atoms with E-state index in [0.29, 0.717) is 6.61 Å². The van der Waals surface area contributed by atoms with Crippen LogP contribution >= 0.6 is 0 Å². The average molecular weight is 353 g/mol. The van der Waals surface area contributed by atoms with Crippen molar-refractivity contribution in [3.05, 3.63) is 69.3 Å². The van der Waals surface area contributed by atoms with Crippen molar-refractivity contribution in [2.75, 3.05) is 0 Å². The zero-order chi connectivity index (χ0) is 19.6. The van der Waals surface area contributed by atoms with Gasteiger partial charge in [-0.1, -0.05) is 51.1 Å². The van der Waals surface area contributed by atoms with Crippen molar-refractivity contribution in [2.24, 2.45) is 5.92 Å². The minimum Gasteiger partial charge on any atom is -0.461 e. The van der Waals surface area contributed by atoms with E-state index in [1.54, 1.807) is 0 Å². The van der Waals surface area contributed by atoms with E-state index in [1.807, 2.05) is 37.3 Å². The molecule has 2 aromatic carbocycles. The number of rotatable bonds is 5. The lowest BCUT2D eigenvalue weighted by Crippen LogP contribution is -2.35. The first-order valence-electron chi connectivity index (χ1n) is 9.37. The number of esters is 1. The highest BCUT2D eigenvalue weighted by Crippen LogP contribution is 2.40. The van der Waals surface area contributed by atoms with Crippen LogP contribution in [0.5, 0.6) is 0 Å². The number of ether oxygens (including phenoxy) is 1. The standard InChI is InChI=1S/C24H32O2/c1-15-16(2)18(4)22(19(5)17(15)3)24(7,8)20(6)23(25)26-14-21-12-10-9-11-13-21/h9-13,20H,14H2,1-8H3. The summed E-state index contributed by atoms with van der Waals surface area (Å²) in [5.74, 6) is -0.376. The maximum atomic E-state index is 12.8. The Balaban J connectivity index is 2.30. The van der Waals surface area contributed by atoms with Crippen molar-refractivity contribution in [1.82, 2.24) is 0 Å². The van der Waals surface area contributed by atoms with Gasteiger partial charge in [0.1, 0.15) is 6.61 Å². The first-order chi connectivity index (χ1) is 12.1.